The topological polar surface area (TPSA) is 60.8 Å². The normalized spacial score (nSPS) is 12.5. The first-order valence-electron chi connectivity index (χ1n) is 21.6. The number of hydrogen-bond donors (Lipinski definition) is 0. The average Bonchev–Trinajstić information content (AvgIpc) is 3.37. The molecular formula is C59H42N4O. The Kier molecular flexibility index (Phi) is 9.78. The SMILES string of the molecule is CC1(C)c2cccc(-c3cccc(-c4nc(-c5ccccc5)cc(-c5ccccc5)n4)c3)c2Oc2c(-c3cccc(-c4nc(-c5ccccc5)cc(-c5ccccc5)n4)c3)cccc21. The number of benzene rings is 8. The highest BCUT2D eigenvalue weighted by Gasteiger charge is 2.37. The molecule has 64 heavy (non-hydrogen) atoms. The molecule has 0 saturated heterocycles. The second-order valence-corrected chi connectivity index (χ2v) is 16.6. The second kappa shape index (κ2) is 16.2. The minimum atomic E-state index is -0.362. The monoisotopic (exact) mass is 822 g/mol. The van der Waals surface area contributed by atoms with Gasteiger partial charge in [0.2, 0.25) is 0 Å². The van der Waals surface area contributed by atoms with Gasteiger partial charge in [0, 0.05) is 61.0 Å². The largest absolute Gasteiger partial charge is 0.455 e. The van der Waals surface area contributed by atoms with Crippen molar-refractivity contribution in [2.75, 3.05) is 0 Å². The standard InChI is InChI=1S/C59H42N4O/c1-59(2)49-33-17-31-47(43-27-15-29-45(35-43)57-60-51(39-19-7-3-8-20-39)37-52(61-57)40-21-9-4-10-22-40)55(49)64-56-48(32-18-34-50(56)59)44-28-16-30-46(36-44)58-62-53(41-23-11-5-12-24-41)38-54(63-58)42-25-13-6-14-26-42/h3-38H,1-2H3. The van der Waals surface area contributed by atoms with Crippen LogP contribution in [0.5, 0.6) is 11.5 Å². The number of hydrogen-bond acceptors (Lipinski definition) is 5. The lowest BCUT2D eigenvalue weighted by Gasteiger charge is -2.36. The van der Waals surface area contributed by atoms with Crippen molar-refractivity contribution in [2.24, 2.45) is 0 Å². The lowest BCUT2D eigenvalue weighted by Crippen LogP contribution is -2.25. The Labute approximate surface area is 373 Å². The lowest BCUT2D eigenvalue weighted by molar-refractivity contribution is 0.421. The Bertz CT molecular complexity index is 2980. The van der Waals surface area contributed by atoms with Gasteiger partial charge in [-0.25, -0.2) is 19.9 Å². The van der Waals surface area contributed by atoms with Gasteiger partial charge in [-0.1, -0.05) is 208 Å². The summed E-state index contributed by atoms with van der Waals surface area (Å²) >= 11 is 0. The van der Waals surface area contributed by atoms with E-state index in [0.29, 0.717) is 11.6 Å². The fraction of sp³-hybridized carbons (Fsp3) is 0.0508. The molecule has 0 aliphatic carbocycles. The number of rotatable bonds is 8. The third kappa shape index (κ3) is 7.23. The molecule has 1 aliphatic rings. The van der Waals surface area contributed by atoms with Crippen molar-refractivity contribution in [1.29, 1.82) is 0 Å². The summed E-state index contributed by atoms with van der Waals surface area (Å²) in [6.07, 6.45) is 0. The molecule has 0 unspecified atom stereocenters. The minimum absolute atomic E-state index is 0.362. The van der Waals surface area contributed by atoms with Crippen LogP contribution >= 0.6 is 0 Å². The Hall–Kier alpha value is -8.28. The molecule has 2 aromatic heterocycles. The molecule has 0 saturated carbocycles. The second-order valence-electron chi connectivity index (χ2n) is 16.6. The quantitative estimate of drug-likeness (QED) is 0.153. The molecule has 11 rings (SSSR count). The first kappa shape index (κ1) is 38.6. The molecule has 8 aromatic carbocycles. The summed E-state index contributed by atoms with van der Waals surface area (Å²) < 4.78 is 7.22. The predicted molar refractivity (Wildman–Crippen MR) is 260 cm³/mol. The van der Waals surface area contributed by atoms with Gasteiger partial charge in [-0.3, -0.25) is 0 Å². The number of aromatic nitrogens is 4. The summed E-state index contributed by atoms with van der Waals surface area (Å²) in [5.74, 6) is 3.01. The van der Waals surface area contributed by atoms with Crippen molar-refractivity contribution in [1.82, 2.24) is 19.9 Å². The Morgan fingerprint density at radius 3 is 0.938 bits per heavy atom. The van der Waals surface area contributed by atoms with E-state index in [1.807, 2.05) is 72.8 Å². The summed E-state index contributed by atoms with van der Waals surface area (Å²) in [6.45, 7) is 4.57. The zero-order valence-corrected chi connectivity index (χ0v) is 35.5. The average molecular weight is 823 g/mol. The maximum Gasteiger partial charge on any atom is 0.160 e. The van der Waals surface area contributed by atoms with E-state index in [9.17, 15) is 0 Å². The van der Waals surface area contributed by atoms with Crippen LogP contribution < -0.4 is 4.74 Å². The molecule has 10 aromatic rings. The fourth-order valence-corrected chi connectivity index (χ4v) is 8.81. The van der Waals surface area contributed by atoms with Gasteiger partial charge in [0.25, 0.3) is 0 Å². The van der Waals surface area contributed by atoms with E-state index >= 15 is 0 Å². The maximum atomic E-state index is 7.22. The van der Waals surface area contributed by atoms with Crippen molar-refractivity contribution < 1.29 is 4.74 Å². The van der Waals surface area contributed by atoms with Crippen molar-refractivity contribution >= 4 is 0 Å². The highest BCUT2D eigenvalue weighted by Crippen LogP contribution is 2.54. The predicted octanol–water partition coefficient (Wildman–Crippen LogP) is 15.0. The Balaban J connectivity index is 0.996. The third-order valence-corrected chi connectivity index (χ3v) is 12.2. The number of fused-ring (bicyclic) bond motifs is 2. The molecule has 3 heterocycles. The van der Waals surface area contributed by atoms with Crippen LogP contribution in [0.15, 0.2) is 218 Å². The van der Waals surface area contributed by atoms with Gasteiger partial charge >= 0.3 is 0 Å². The van der Waals surface area contributed by atoms with E-state index in [1.165, 1.54) is 0 Å². The van der Waals surface area contributed by atoms with Gasteiger partial charge in [0.1, 0.15) is 11.5 Å². The molecule has 5 nitrogen and oxygen atoms in total. The van der Waals surface area contributed by atoms with Crippen LogP contribution in [0.3, 0.4) is 0 Å². The molecule has 5 heteroatoms. The van der Waals surface area contributed by atoms with Gasteiger partial charge < -0.3 is 4.74 Å². The van der Waals surface area contributed by atoms with Gasteiger partial charge in [0.05, 0.1) is 22.8 Å². The highest BCUT2D eigenvalue weighted by atomic mass is 16.5. The molecule has 0 N–H and O–H groups in total. The van der Waals surface area contributed by atoms with Crippen molar-refractivity contribution in [3.63, 3.8) is 0 Å². The molecule has 304 valence electrons. The summed E-state index contributed by atoms with van der Waals surface area (Å²) in [6, 6.07) is 75.3. The maximum absolute atomic E-state index is 7.22. The first-order chi connectivity index (χ1) is 31.5. The molecule has 0 fully saturated rings. The Morgan fingerprint density at radius 2 is 0.594 bits per heavy atom. The van der Waals surface area contributed by atoms with E-state index in [0.717, 1.165) is 101 Å². The van der Waals surface area contributed by atoms with E-state index in [4.69, 9.17) is 24.7 Å². The van der Waals surface area contributed by atoms with Crippen LogP contribution in [0.1, 0.15) is 25.0 Å². The molecule has 0 amide bonds. The summed E-state index contributed by atoms with van der Waals surface area (Å²) in [5.41, 5.74) is 15.4. The van der Waals surface area contributed by atoms with E-state index < -0.39 is 0 Å². The van der Waals surface area contributed by atoms with Crippen molar-refractivity contribution in [3.05, 3.63) is 230 Å². The summed E-state index contributed by atoms with van der Waals surface area (Å²) in [4.78, 5) is 20.6. The highest BCUT2D eigenvalue weighted by molar-refractivity contribution is 5.84. The smallest absolute Gasteiger partial charge is 0.160 e. The molecule has 0 bridgehead atoms. The van der Waals surface area contributed by atoms with Gasteiger partial charge in [-0.2, -0.15) is 0 Å². The molecular weight excluding hydrogens is 781 g/mol. The molecule has 0 radical (unpaired) electrons. The third-order valence-electron chi connectivity index (χ3n) is 12.2. The zero-order chi connectivity index (χ0) is 43.0. The van der Waals surface area contributed by atoms with Gasteiger partial charge in [-0.15, -0.1) is 0 Å². The van der Waals surface area contributed by atoms with Crippen LogP contribution in [0.2, 0.25) is 0 Å². The van der Waals surface area contributed by atoms with Crippen LogP contribution in [-0.4, -0.2) is 19.9 Å². The first-order valence-corrected chi connectivity index (χ1v) is 21.6. The lowest BCUT2D eigenvalue weighted by atomic mass is 9.74. The zero-order valence-electron chi connectivity index (χ0n) is 35.5. The fourth-order valence-electron chi connectivity index (χ4n) is 8.81. The summed E-state index contributed by atoms with van der Waals surface area (Å²) in [7, 11) is 0. The molecule has 0 spiro atoms. The van der Waals surface area contributed by atoms with Crippen molar-refractivity contribution in [2.45, 2.75) is 19.3 Å². The van der Waals surface area contributed by atoms with Crippen LogP contribution in [0.25, 0.3) is 90.1 Å². The minimum Gasteiger partial charge on any atom is -0.455 e. The van der Waals surface area contributed by atoms with E-state index in [-0.39, 0.29) is 5.41 Å². The van der Waals surface area contributed by atoms with Gasteiger partial charge in [-0.05, 0) is 35.4 Å². The Morgan fingerprint density at radius 1 is 0.297 bits per heavy atom. The summed E-state index contributed by atoms with van der Waals surface area (Å²) in [5, 5.41) is 0. The van der Waals surface area contributed by atoms with Gasteiger partial charge in [0.15, 0.2) is 11.6 Å². The van der Waals surface area contributed by atoms with E-state index in [1.54, 1.807) is 0 Å². The van der Waals surface area contributed by atoms with Crippen LogP contribution in [0, 0.1) is 0 Å². The number of nitrogens with zero attached hydrogens (tertiary/aromatic N) is 4. The molecule has 0 atom stereocenters. The van der Waals surface area contributed by atoms with Crippen LogP contribution in [-0.2, 0) is 5.41 Å². The molecule has 1 aliphatic heterocycles. The van der Waals surface area contributed by atoms with E-state index in [2.05, 4.69) is 159 Å². The number of para-hydroxylation sites is 2. The number of ether oxygens (including phenoxy) is 1. The van der Waals surface area contributed by atoms with Crippen LogP contribution in [0.4, 0.5) is 0 Å². The van der Waals surface area contributed by atoms with Crippen molar-refractivity contribution in [3.8, 4) is 102 Å².